The standard InChI is InChI=1S/C15H16FNO4/c1-17-12-8-9(16)4-5-10(12)11(6-7-13(18)20-2)14(17)15(19)21-3/h4-5,8H,6-7H2,1-3H3. The van der Waals surface area contributed by atoms with Gasteiger partial charge in [-0.3, -0.25) is 4.79 Å². The molecule has 0 fully saturated rings. The van der Waals surface area contributed by atoms with E-state index < -0.39 is 5.97 Å². The fourth-order valence-electron chi connectivity index (χ4n) is 2.43. The summed E-state index contributed by atoms with van der Waals surface area (Å²) in [6.45, 7) is 0. The van der Waals surface area contributed by atoms with Gasteiger partial charge in [0, 0.05) is 18.9 Å². The molecule has 0 saturated heterocycles. The first-order valence-corrected chi connectivity index (χ1v) is 6.41. The van der Waals surface area contributed by atoms with E-state index in [4.69, 9.17) is 4.74 Å². The number of halogens is 1. The summed E-state index contributed by atoms with van der Waals surface area (Å²) < 4.78 is 24.4. The highest BCUT2D eigenvalue weighted by molar-refractivity contribution is 5.99. The molecule has 1 heterocycles. The highest BCUT2D eigenvalue weighted by atomic mass is 19.1. The number of hydrogen-bond donors (Lipinski definition) is 0. The third-order valence-electron chi connectivity index (χ3n) is 3.45. The third-order valence-corrected chi connectivity index (χ3v) is 3.45. The SMILES string of the molecule is COC(=O)CCc1c(C(=O)OC)n(C)c2cc(F)ccc12. The molecular weight excluding hydrogens is 277 g/mol. The highest BCUT2D eigenvalue weighted by Crippen LogP contribution is 2.28. The summed E-state index contributed by atoms with van der Waals surface area (Å²) in [7, 11) is 4.25. The van der Waals surface area contributed by atoms with E-state index in [-0.39, 0.29) is 18.2 Å². The van der Waals surface area contributed by atoms with Crippen molar-refractivity contribution in [3.8, 4) is 0 Å². The first-order chi connectivity index (χ1) is 9.99. The number of carbonyl (C=O) groups is 2. The summed E-state index contributed by atoms with van der Waals surface area (Å²) in [4.78, 5) is 23.3. The van der Waals surface area contributed by atoms with E-state index in [0.29, 0.717) is 23.2 Å². The summed E-state index contributed by atoms with van der Waals surface area (Å²) in [6.07, 6.45) is 0.455. The zero-order chi connectivity index (χ0) is 15.6. The van der Waals surface area contributed by atoms with Gasteiger partial charge in [0.15, 0.2) is 0 Å². The van der Waals surface area contributed by atoms with Crippen LogP contribution in [0.25, 0.3) is 10.9 Å². The number of rotatable bonds is 4. The third kappa shape index (κ3) is 2.74. The van der Waals surface area contributed by atoms with E-state index in [1.54, 1.807) is 17.7 Å². The van der Waals surface area contributed by atoms with Crippen LogP contribution in [0.1, 0.15) is 22.5 Å². The number of aromatic nitrogens is 1. The minimum atomic E-state index is -0.519. The molecular formula is C15H16FNO4. The highest BCUT2D eigenvalue weighted by Gasteiger charge is 2.22. The molecule has 0 aliphatic carbocycles. The van der Waals surface area contributed by atoms with Crippen molar-refractivity contribution in [2.75, 3.05) is 14.2 Å². The Balaban J connectivity index is 2.58. The van der Waals surface area contributed by atoms with E-state index >= 15 is 0 Å². The lowest BCUT2D eigenvalue weighted by Crippen LogP contribution is -2.11. The van der Waals surface area contributed by atoms with Crippen molar-refractivity contribution in [3.05, 3.63) is 35.3 Å². The van der Waals surface area contributed by atoms with E-state index in [1.165, 1.54) is 26.4 Å². The van der Waals surface area contributed by atoms with E-state index in [1.807, 2.05) is 0 Å². The summed E-state index contributed by atoms with van der Waals surface area (Å²) in [6, 6.07) is 4.28. The average molecular weight is 293 g/mol. The smallest absolute Gasteiger partial charge is 0.354 e. The maximum absolute atomic E-state index is 13.4. The molecule has 1 aromatic heterocycles. The van der Waals surface area contributed by atoms with Gasteiger partial charge in [-0.1, -0.05) is 0 Å². The van der Waals surface area contributed by atoms with Gasteiger partial charge >= 0.3 is 11.9 Å². The summed E-state index contributed by atoms with van der Waals surface area (Å²) in [5.74, 6) is -1.28. The topological polar surface area (TPSA) is 57.5 Å². The molecule has 0 bridgehead atoms. The number of benzene rings is 1. The van der Waals surface area contributed by atoms with Crippen molar-refractivity contribution in [1.82, 2.24) is 4.57 Å². The van der Waals surface area contributed by atoms with Gasteiger partial charge in [0.05, 0.1) is 19.7 Å². The van der Waals surface area contributed by atoms with Gasteiger partial charge in [0.2, 0.25) is 0 Å². The van der Waals surface area contributed by atoms with Crippen LogP contribution in [0, 0.1) is 5.82 Å². The maximum Gasteiger partial charge on any atom is 0.354 e. The molecule has 1 aromatic carbocycles. The average Bonchev–Trinajstić information content (AvgIpc) is 2.76. The van der Waals surface area contributed by atoms with Crippen LogP contribution in [0.5, 0.6) is 0 Å². The quantitative estimate of drug-likeness (QED) is 0.811. The maximum atomic E-state index is 13.4. The Bertz CT molecular complexity index is 705. The molecule has 6 heteroatoms. The van der Waals surface area contributed by atoms with E-state index in [9.17, 15) is 14.0 Å². The molecule has 0 atom stereocenters. The monoisotopic (exact) mass is 293 g/mol. The van der Waals surface area contributed by atoms with E-state index in [2.05, 4.69) is 4.74 Å². The molecule has 0 saturated carbocycles. The fraction of sp³-hybridized carbons (Fsp3) is 0.333. The first kappa shape index (κ1) is 15.0. The van der Waals surface area contributed by atoms with Crippen LogP contribution in [-0.4, -0.2) is 30.7 Å². The summed E-state index contributed by atoms with van der Waals surface area (Å²) in [5.41, 5.74) is 1.56. The van der Waals surface area contributed by atoms with Crippen molar-refractivity contribution in [3.63, 3.8) is 0 Å². The molecule has 2 rings (SSSR count). The lowest BCUT2D eigenvalue weighted by Gasteiger charge is -2.05. The van der Waals surface area contributed by atoms with Crippen LogP contribution in [0.2, 0.25) is 0 Å². The zero-order valence-corrected chi connectivity index (χ0v) is 12.1. The van der Waals surface area contributed by atoms with Gasteiger partial charge < -0.3 is 14.0 Å². The number of carbonyl (C=O) groups excluding carboxylic acids is 2. The van der Waals surface area contributed by atoms with Crippen LogP contribution in [0.15, 0.2) is 18.2 Å². The number of methoxy groups -OCH3 is 2. The normalized spacial score (nSPS) is 10.7. The largest absolute Gasteiger partial charge is 0.469 e. The Hall–Kier alpha value is -2.37. The molecule has 2 aromatic rings. The van der Waals surface area contributed by atoms with Gasteiger partial charge in [0.25, 0.3) is 0 Å². The second kappa shape index (κ2) is 5.95. The number of esters is 2. The number of fused-ring (bicyclic) bond motifs is 1. The fourth-order valence-corrected chi connectivity index (χ4v) is 2.43. The van der Waals surface area contributed by atoms with Crippen LogP contribution < -0.4 is 0 Å². The van der Waals surface area contributed by atoms with Crippen LogP contribution >= 0.6 is 0 Å². The van der Waals surface area contributed by atoms with E-state index in [0.717, 1.165) is 5.39 Å². The molecule has 0 amide bonds. The lowest BCUT2D eigenvalue weighted by atomic mass is 10.1. The van der Waals surface area contributed by atoms with Gasteiger partial charge in [-0.2, -0.15) is 0 Å². The van der Waals surface area contributed by atoms with Crippen molar-refractivity contribution in [1.29, 1.82) is 0 Å². The number of hydrogen-bond acceptors (Lipinski definition) is 4. The Labute approximate surface area is 121 Å². The van der Waals surface area contributed by atoms with Crippen LogP contribution in [-0.2, 0) is 27.7 Å². The Kier molecular flexibility index (Phi) is 4.26. The molecule has 5 nitrogen and oxygen atoms in total. The predicted octanol–water partition coefficient (Wildman–Crippen LogP) is 2.21. The number of aryl methyl sites for hydroxylation is 2. The number of nitrogens with zero attached hydrogens (tertiary/aromatic N) is 1. The second-order valence-corrected chi connectivity index (χ2v) is 4.62. The number of ether oxygens (including phenoxy) is 2. The van der Waals surface area contributed by atoms with Crippen molar-refractivity contribution < 1.29 is 23.5 Å². The Morgan fingerprint density at radius 2 is 1.95 bits per heavy atom. The minimum Gasteiger partial charge on any atom is -0.469 e. The molecule has 0 aliphatic heterocycles. The zero-order valence-electron chi connectivity index (χ0n) is 12.1. The summed E-state index contributed by atoms with van der Waals surface area (Å²) >= 11 is 0. The van der Waals surface area contributed by atoms with Crippen molar-refractivity contribution >= 4 is 22.8 Å². The molecule has 0 unspecified atom stereocenters. The molecule has 112 valence electrons. The van der Waals surface area contributed by atoms with Crippen molar-refractivity contribution in [2.45, 2.75) is 12.8 Å². The molecule has 0 N–H and O–H groups in total. The Morgan fingerprint density at radius 1 is 1.24 bits per heavy atom. The van der Waals surface area contributed by atoms with Crippen LogP contribution in [0.4, 0.5) is 4.39 Å². The Morgan fingerprint density at radius 3 is 2.57 bits per heavy atom. The molecule has 0 radical (unpaired) electrons. The molecule has 21 heavy (non-hydrogen) atoms. The minimum absolute atomic E-state index is 0.136. The van der Waals surface area contributed by atoms with Gasteiger partial charge in [-0.15, -0.1) is 0 Å². The first-order valence-electron chi connectivity index (χ1n) is 6.41. The lowest BCUT2D eigenvalue weighted by molar-refractivity contribution is -0.140. The predicted molar refractivity (Wildman–Crippen MR) is 74.6 cm³/mol. The van der Waals surface area contributed by atoms with Gasteiger partial charge in [0.1, 0.15) is 11.5 Å². The second-order valence-electron chi connectivity index (χ2n) is 4.62. The molecule has 0 spiro atoms. The van der Waals surface area contributed by atoms with Gasteiger partial charge in [-0.25, -0.2) is 9.18 Å². The summed E-state index contributed by atoms with van der Waals surface area (Å²) in [5, 5.41) is 0.725. The van der Waals surface area contributed by atoms with Crippen molar-refractivity contribution in [2.24, 2.45) is 7.05 Å². The molecule has 0 aliphatic rings. The van der Waals surface area contributed by atoms with Gasteiger partial charge in [-0.05, 0) is 30.2 Å². The van der Waals surface area contributed by atoms with Crippen LogP contribution in [0.3, 0.4) is 0 Å².